The number of rotatable bonds is 6. The fraction of sp³-hybridized carbons (Fsp3) is 0.600. The molecule has 186 valence electrons. The van der Waals surface area contributed by atoms with Gasteiger partial charge >= 0.3 is 12.4 Å². The van der Waals surface area contributed by atoms with Gasteiger partial charge in [-0.3, -0.25) is 0 Å². The maximum Gasteiger partial charge on any atom is 0.411 e. The molecule has 2 rings (SSSR count). The number of aliphatic hydroxyl groups is 1. The van der Waals surface area contributed by atoms with E-state index in [1.165, 1.54) is 0 Å². The summed E-state index contributed by atoms with van der Waals surface area (Å²) in [6.07, 6.45) is -10.5. The van der Waals surface area contributed by atoms with Crippen molar-refractivity contribution >= 4 is 0 Å². The first-order valence-corrected chi connectivity index (χ1v) is 10.9. The molecule has 1 aromatic carbocycles. The fourth-order valence-electron chi connectivity index (χ4n) is 4.28. The molecule has 2 nitrogen and oxygen atoms in total. The minimum Gasteiger partial charge on any atom is -0.508 e. The predicted molar refractivity (Wildman–Crippen MR) is 116 cm³/mol. The Bertz CT molecular complexity index is 921. The summed E-state index contributed by atoms with van der Waals surface area (Å²) < 4.78 is 87.8. The predicted octanol–water partition coefficient (Wildman–Crippen LogP) is 7.50. The summed E-state index contributed by atoms with van der Waals surface area (Å²) >= 11 is 0. The van der Waals surface area contributed by atoms with Crippen molar-refractivity contribution in [2.45, 2.75) is 90.1 Å². The van der Waals surface area contributed by atoms with Crippen LogP contribution in [0.3, 0.4) is 0 Å². The molecule has 0 aliphatic heterocycles. The minimum atomic E-state index is -5.73. The summed E-state index contributed by atoms with van der Waals surface area (Å²) in [4.78, 5) is 0. The van der Waals surface area contributed by atoms with Crippen molar-refractivity contribution in [3.8, 4) is 5.75 Å². The lowest BCUT2D eigenvalue weighted by Crippen LogP contribution is -2.55. The number of phenols is 1. The van der Waals surface area contributed by atoms with Crippen molar-refractivity contribution in [3.05, 3.63) is 52.6 Å². The Hall–Kier alpha value is -1.96. The first kappa shape index (κ1) is 27.3. The maximum absolute atomic E-state index is 14.6. The lowest BCUT2D eigenvalue weighted by molar-refractivity contribution is -0.289. The molecule has 1 aliphatic rings. The van der Waals surface area contributed by atoms with E-state index in [-0.39, 0.29) is 23.3 Å². The molecule has 0 saturated heterocycles. The van der Waals surface area contributed by atoms with Crippen LogP contribution in [0.5, 0.6) is 5.75 Å². The van der Waals surface area contributed by atoms with Gasteiger partial charge in [0.1, 0.15) is 5.75 Å². The quantitative estimate of drug-likeness (QED) is 0.416. The van der Waals surface area contributed by atoms with E-state index in [4.69, 9.17) is 0 Å². The van der Waals surface area contributed by atoms with Crippen LogP contribution in [0.15, 0.2) is 41.5 Å². The second kappa shape index (κ2) is 8.67. The smallest absolute Gasteiger partial charge is 0.411 e. The third-order valence-corrected chi connectivity index (χ3v) is 7.22. The van der Waals surface area contributed by atoms with Crippen LogP contribution in [0.4, 0.5) is 26.3 Å². The number of hydrogen-bond acceptors (Lipinski definition) is 2. The lowest BCUT2D eigenvalue weighted by atomic mass is 9.66. The van der Waals surface area contributed by atoms with E-state index in [1.807, 2.05) is 0 Å². The van der Waals surface area contributed by atoms with E-state index in [9.17, 15) is 36.6 Å². The minimum absolute atomic E-state index is 0.00918. The number of benzene rings is 1. The van der Waals surface area contributed by atoms with Crippen molar-refractivity contribution < 1.29 is 36.6 Å². The molecular weight excluding hydrogens is 446 g/mol. The Morgan fingerprint density at radius 3 is 1.85 bits per heavy atom. The highest BCUT2D eigenvalue weighted by molar-refractivity contribution is 5.53. The number of alkyl halides is 6. The van der Waals surface area contributed by atoms with Crippen LogP contribution in [0.25, 0.3) is 0 Å². The van der Waals surface area contributed by atoms with Crippen LogP contribution in [0, 0.1) is 5.41 Å². The Morgan fingerprint density at radius 2 is 1.39 bits per heavy atom. The van der Waals surface area contributed by atoms with Gasteiger partial charge in [0.25, 0.3) is 0 Å². The molecule has 0 radical (unpaired) electrons. The number of phenolic OH excluding ortho intramolecular Hbond substituents is 1. The summed E-state index contributed by atoms with van der Waals surface area (Å²) in [5.41, 5.74) is -7.80. The van der Waals surface area contributed by atoms with E-state index >= 15 is 0 Å². The maximum atomic E-state index is 14.6. The highest BCUT2D eigenvalue weighted by Crippen LogP contribution is 2.59. The van der Waals surface area contributed by atoms with Gasteiger partial charge in [0.2, 0.25) is 5.41 Å². The van der Waals surface area contributed by atoms with Crippen LogP contribution in [-0.4, -0.2) is 28.7 Å². The Labute approximate surface area is 191 Å². The van der Waals surface area contributed by atoms with Crippen molar-refractivity contribution in [1.29, 1.82) is 0 Å². The van der Waals surface area contributed by atoms with E-state index < -0.39 is 45.8 Å². The first-order chi connectivity index (χ1) is 14.9. The average molecular weight is 479 g/mol. The number of hydrogen-bond donors (Lipinski definition) is 2. The molecule has 2 N–H and O–H groups in total. The largest absolute Gasteiger partial charge is 0.508 e. The second-order valence-electron chi connectivity index (χ2n) is 9.96. The van der Waals surface area contributed by atoms with Gasteiger partial charge < -0.3 is 10.2 Å². The molecule has 0 saturated carbocycles. The van der Waals surface area contributed by atoms with Crippen LogP contribution < -0.4 is 0 Å². The zero-order chi connectivity index (χ0) is 25.6. The Morgan fingerprint density at radius 1 is 0.879 bits per heavy atom. The van der Waals surface area contributed by atoms with Gasteiger partial charge in [-0.05, 0) is 64.5 Å². The van der Waals surface area contributed by atoms with Crippen LogP contribution in [-0.2, 0) is 10.8 Å². The van der Waals surface area contributed by atoms with Crippen LogP contribution in [0.2, 0.25) is 0 Å². The number of aromatic hydroxyl groups is 1. The summed E-state index contributed by atoms with van der Waals surface area (Å²) in [7, 11) is 0. The Balaban J connectivity index is 2.97. The van der Waals surface area contributed by atoms with E-state index in [0.29, 0.717) is 18.9 Å². The summed E-state index contributed by atoms with van der Waals surface area (Å²) in [5.74, 6) is -0.361. The monoisotopic (exact) mass is 478 g/mol. The molecule has 0 heterocycles. The molecule has 0 spiro atoms. The number of allylic oxidation sites excluding steroid dienone is 2. The average Bonchev–Trinajstić information content (AvgIpc) is 2.68. The molecule has 1 unspecified atom stereocenters. The summed E-state index contributed by atoms with van der Waals surface area (Å²) in [5, 5.41) is 20.7. The number of aliphatic hydroxyl groups excluding tert-OH is 1. The van der Waals surface area contributed by atoms with Gasteiger partial charge in [0, 0.05) is 0 Å². The molecule has 1 aliphatic carbocycles. The van der Waals surface area contributed by atoms with Gasteiger partial charge in [-0.25, -0.2) is 0 Å². The molecule has 1 aromatic rings. The molecule has 0 fully saturated rings. The van der Waals surface area contributed by atoms with Crippen molar-refractivity contribution in [2.24, 2.45) is 5.41 Å². The normalized spacial score (nSPS) is 18.8. The number of halogens is 6. The molecule has 33 heavy (non-hydrogen) atoms. The molecule has 8 heteroatoms. The third kappa shape index (κ3) is 4.55. The van der Waals surface area contributed by atoms with Gasteiger partial charge in [0.15, 0.2) is 0 Å². The topological polar surface area (TPSA) is 40.5 Å². The van der Waals surface area contributed by atoms with Crippen molar-refractivity contribution in [2.75, 3.05) is 0 Å². The molecule has 0 amide bonds. The lowest BCUT2D eigenvalue weighted by Gasteiger charge is -2.42. The van der Waals surface area contributed by atoms with Gasteiger partial charge in [-0.2, -0.15) is 26.3 Å². The second-order valence-corrected chi connectivity index (χ2v) is 9.96. The summed E-state index contributed by atoms with van der Waals surface area (Å²) in [6, 6.07) is 2.41. The van der Waals surface area contributed by atoms with Crippen LogP contribution >= 0.6 is 0 Å². The van der Waals surface area contributed by atoms with Gasteiger partial charge in [-0.15, -0.1) is 0 Å². The SMILES string of the molecule is CCC(C)(C)C1=CC(C(c2ccc(O)c(C(C)(C)CC)c2)(C(F)(F)F)C(F)(F)F)=CCC1O. The summed E-state index contributed by atoms with van der Waals surface area (Å²) in [6.45, 7) is 10.1. The first-order valence-electron chi connectivity index (χ1n) is 10.9. The molecule has 0 bridgehead atoms. The fourth-order valence-corrected chi connectivity index (χ4v) is 4.28. The van der Waals surface area contributed by atoms with E-state index in [2.05, 4.69) is 0 Å². The zero-order valence-electron chi connectivity index (χ0n) is 19.7. The molecule has 0 aromatic heterocycles. The molecule has 1 atom stereocenters. The highest BCUT2D eigenvalue weighted by atomic mass is 19.4. The zero-order valence-corrected chi connectivity index (χ0v) is 19.7. The van der Waals surface area contributed by atoms with Gasteiger partial charge in [0.05, 0.1) is 6.10 Å². The standard InChI is InChI=1S/C25H32F6O2/c1-7-21(3,4)17-13-15(9-11-19(17)32)23(24(26,27)28,25(29,30)31)16-10-12-20(33)18(14-16)22(5,6)8-2/h9-11,13-14,20,32-33H,7-8,12H2,1-6H3. The van der Waals surface area contributed by atoms with Crippen molar-refractivity contribution in [1.82, 2.24) is 0 Å². The Kier molecular flexibility index (Phi) is 7.17. The highest BCUT2D eigenvalue weighted by Gasteiger charge is 2.73. The van der Waals surface area contributed by atoms with Crippen molar-refractivity contribution in [3.63, 3.8) is 0 Å². The van der Waals surface area contributed by atoms with Crippen LogP contribution in [0.1, 0.15) is 71.9 Å². The molecular formula is C25H32F6O2. The third-order valence-electron chi connectivity index (χ3n) is 7.22. The van der Waals surface area contributed by atoms with E-state index in [1.54, 1.807) is 41.5 Å². The van der Waals surface area contributed by atoms with E-state index in [0.717, 1.165) is 24.3 Å². The van der Waals surface area contributed by atoms with Gasteiger partial charge in [-0.1, -0.05) is 59.8 Å².